The molecular formula is C13H19ClN2O2. The van der Waals surface area contributed by atoms with Crippen molar-refractivity contribution in [1.82, 2.24) is 9.78 Å². The van der Waals surface area contributed by atoms with Crippen molar-refractivity contribution in [2.24, 2.45) is 13.0 Å². The smallest absolute Gasteiger partial charge is 0.167 e. The van der Waals surface area contributed by atoms with Gasteiger partial charge in [-0.1, -0.05) is 18.5 Å². The first-order valence-electron chi connectivity index (χ1n) is 6.34. The fourth-order valence-electron chi connectivity index (χ4n) is 2.26. The Morgan fingerprint density at radius 3 is 2.72 bits per heavy atom. The molecule has 5 heteroatoms. The molecule has 1 aliphatic rings. The van der Waals surface area contributed by atoms with Crippen molar-refractivity contribution < 1.29 is 9.53 Å². The number of methoxy groups -OCH3 is 1. The molecule has 0 aromatic carbocycles. The molecular weight excluding hydrogens is 252 g/mol. The van der Waals surface area contributed by atoms with Crippen LogP contribution < -0.4 is 0 Å². The molecule has 0 radical (unpaired) electrons. The summed E-state index contributed by atoms with van der Waals surface area (Å²) in [5.41, 5.74) is 1.64. The lowest BCUT2D eigenvalue weighted by Crippen LogP contribution is -2.27. The molecule has 1 unspecified atom stereocenters. The minimum absolute atomic E-state index is 0.104. The minimum Gasteiger partial charge on any atom is -0.373 e. The number of hydrogen-bond acceptors (Lipinski definition) is 3. The summed E-state index contributed by atoms with van der Waals surface area (Å²) in [4.78, 5) is 12.2. The molecule has 0 bridgehead atoms. The molecule has 0 aliphatic heterocycles. The van der Waals surface area contributed by atoms with Gasteiger partial charge in [0.1, 0.15) is 6.10 Å². The van der Waals surface area contributed by atoms with Crippen LogP contribution in [0.4, 0.5) is 0 Å². The zero-order chi connectivity index (χ0) is 13.3. The van der Waals surface area contributed by atoms with Crippen molar-refractivity contribution in [1.29, 1.82) is 0 Å². The molecule has 1 aromatic heterocycles. The average molecular weight is 271 g/mol. The second kappa shape index (κ2) is 5.41. The molecule has 100 valence electrons. The van der Waals surface area contributed by atoms with E-state index in [0.29, 0.717) is 17.4 Å². The lowest BCUT2D eigenvalue weighted by Gasteiger charge is -2.13. The number of halogens is 1. The van der Waals surface area contributed by atoms with Crippen LogP contribution in [0, 0.1) is 5.92 Å². The van der Waals surface area contributed by atoms with Crippen LogP contribution in [0.25, 0.3) is 0 Å². The van der Waals surface area contributed by atoms with Gasteiger partial charge in [-0.15, -0.1) is 0 Å². The zero-order valence-corrected chi connectivity index (χ0v) is 11.8. The van der Waals surface area contributed by atoms with Gasteiger partial charge in [0.15, 0.2) is 5.78 Å². The van der Waals surface area contributed by atoms with Crippen LogP contribution in [0.2, 0.25) is 5.02 Å². The van der Waals surface area contributed by atoms with Crippen molar-refractivity contribution in [3.05, 3.63) is 16.4 Å². The fraction of sp³-hybridized carbons (Fsp3) is 0.692. The van der Waals surface area contributed by atoms with Gasteiger partial charge in [0.25, 0.3) is 0 Å². The number of carbonyl (C=O) groups is 1. The number of aromatic nitrogens is 2. The first-order chi connectivity index (χ1) is 8.58. The number of carbonyl (C=O) groups excluding carboxylic acids is 1. The van der Waals surface area contributed by atoms with E-state index in [-0.39, 0.29) is 11.9 Å². The summed E-state index contributed by atoms with van der Waals surface area (Å²) in [5.74, 6) is 0.507. The Balaban J connectivity index is 2.13. The van der Waals surface area contributed by atoms with Crippen LogP contribution in [-0.2, 0) is 29.4 Å². The predicted molar refractivity (Wildman–Crippen MR) is 69.8 cm³/mol. The molecule has 1 saturated carbocycles. The van der Waals surface area contributed by atoms with Crippen LogP contribution in [0.15, 0.2) is 0 Å². The SMILES string of the molecule is CCc1nn(C)c(CC(=O)C(OC)C2CC2)c1Cl. The third kappa shape index (κ3) is 2.59. The highest BCUT2D eigenvalue weighted by Gasteiger charge is 2.36. The van der Waals surface area contributed by atoms with Gasteiger partial charge in [-0.05, 0) is 25.2 Å². The summed E-state index contributed by atoms with van der Waals surface area (Å²) in [6, 6.07) is 0. The van der Waals surface area contributed by atoms with Crippen molar-refractivity contribution in [2.75, 3.05) is 7.11 Å². The van der Waals surface area contributed by atoms with Gasteiger partial charge in [0, 0.05) is 14.2 Å². The van der Waals surface area contributed by atoms with Gasteiger partial charge in [-0.25, -0.2) is 0 Å². The Hall–Kier alpha value is -0.870. The fourth-order valence-corrected chi connectivity index (χ4v) is 2.62. The maximum Gasteiger partial charge on any atom is 0.167 e. The van der Waals surface area contributed by atoms with Gasteiger partial charge in [0.05, 0.1) is 22.8 Å². The van der Waals surface area contributed by atoms with E-state index in [9.17, 15) is 4.79 Å². The van der Waals surface area contributed by atoms with E-state index in [1.165, 1.54) is 0 Å². The normalized spacial score (nSPS) is 16.9. The van der Waals surface area contributed by atoms with Gasteiger partial charge >= 0.3 is 0 Å². The summed E-state index contributed by atoms with van der Waals surface area (Å²) in [7, 11) is 3.43. The topological polar surface area (TPSA) is 44.1 Å². The number of ether oxygens (including phenoxy) is 1. The summed E-state index contributed by atoms with van der Waals surface area (Å²) in [5, 5.41) is 4.94. The summed E-state index contributed by atoms with van der Waals surface area (Å²) in [6.07, 6.45) is 2.97. The monoisotopic (exact) mass is 270 g/mol. The second-order valence-corrected chi connectivity index (χ2v) is 5.20. The Kier molecular flexibility index (Phi) is 4.07. The highest BCUT2D eigenvalue weighted by atomic mass is 35.5. The zero-order valence-electron chi connectivity index (χ0n) is 11.1. The Morgan fingerprint density at radius 2 is 2.28 bits per heavy atom. The molecule has 2 rings (SSSR count). The van der Waals surface area contributed by atoms with E-state index >= 15 is 0 Å². The Bertz CT molecular complexity index is 452. The van der Waals surface area contributed by atoms with Crippen molar-refractivity contribution >= 4 is 17.4 Å². The van der Waals surface area contributed by atoms with E-state index in [1.807, 2.05) is 14.0 Å². The van der Waals surface area contributed by atoms with Crippen LogP contribution >= 0.6 is 11.6 Å². The minimum atomic E-state index is -0.277. The highest BCUT2D eigenvalue weighted by molar-refractivity contribution is 6.32. The number of Topliss-reactive ketones (excluding diaryl/α,β-unsaturated/α-hetero) is 1. The standard InChI is InChI=1S/C13H19ClN2O2/c1-4-9-12(14)10(16(2)15-9)7-11(17)13(18-3)8-5-6-8/h8,13H,4-7H2,1-3H3. The second-order valence-electron chi connectivity index (χ2n) is 4.82. The lowest BCUT2D eigenvalue weighted by molar-refractivity contribution is -0.129. The first kappa shape index (κ1) is 13.6. The average Bonchev–Trinajstić information content (AvgIpc) is 3.13. The van der Waals surface area contributed by atoms with Crippen molar-refractivity contribution in [3.8, 4) is 0 Å². The molecule has 1 atom stereocenters. The largest absolute Gasteiger partial charge is 0.373 e. The summed E-state index contributed by atoms with van der Waals surface area (Å²) >= 11 is 6.24. The number of aryl methyl sites for hydroxylation is 2. The maximum absolute atomic E-state index is 12.2. The van der Waals surface area contributed by atoms with Crippen molar-refractivity contribution in [3.63, 3.8) is 0 Å². The van der Waals surface area contributed by atoms with Gasteiger partial charge in [0.2, 0.25) is 0 Å². The maximum atomic E-state index is 12.2. The quantitative estimate of drug-likeness (QED) is 0.796. The third-order valence-electron chi connectivity index (χ3n) is 3.47. The molecule has 0 spiro atoms. The molecule has 1 aromatic rings. The predicted octanol–water partition coefficient (Wildman–Crippen LogP) is 2.17. The molecule has 0 saturated heterocycles. The van der Waals surface area contributed by atoms with Gasteiger partial charge in [-0.3, -0.25) is 9.48 Å². The van der Waals surface area contributed by atoms with Crippen LogP contribution in [0.3, 0.4) is 0 Å². The molecule has 18 heavy (non-hydrogen) atoms. The molecule has 1 aliphatic carbocycles. The van der Waals surface area contributed by atoms with Crippen LogP contribution in [-0.4, -0.2) is 28.8 Å². The highest BCUT2D eigenvalue weighted by Crippen LogP contribution is 2.35. The third-order valence-corrected chi connectivity index (χ3v) is 3.90. The van der Waals surface area contributed by atoms with E-state index in [0.717, 1.165) is 30.7 Å². The van der Waals surface area contributed by atoms with E-state index in [4.69, 9.17) is 16.3 Å². The molecule has 1 heterocycles. The number of hydrogen-bond donors (Lipinski definition) is 0. The van der Waals surface area contributed by atoms with E-state index in [1.54, 1.807) is 11.8 Å². The first-order valence-corrected chi connectivity index (χ1v) is 6.72. The lowest BCUT2D eigenvalue weighted by atomic mass is 10.1. The summed E-state index contributed by atoms with van der Waals surface area (Å²) < 4.78 is 7.01. The summed E-state index contributed by atoms with van der Waals surface area (Å²) in [6.45, 7) is 2.00. The van der Waals surface area contributed by atoms with Crippen LogP contribution in [0.1, 0.15) is 31.2 Å². The van der Waals surface area contributed by atoms with Crippen molar-refractivity contribution in [2.45, 2.75) is 38.7 Å². The number of ketones is 1. The van der Waals surface area contributed by atoms with E-state index < -0.39 is 0 Å². The molecule has 4 nitrogen and oxygen atoms in total. The van der Waals surface area contributed by atoms with Gasteiger partial charge < -0.3 is 4.74 Å². The van der Waals surface area contributed by atoms with Gasteiger partial charge in [-0.2, -0.15) is 5.10 Å². The number of rotatable bonds is 6. The number of nitrogens with zero attached hydrogens (tertiary/aromatic N) is 2. The van der Waals surface area contributed by atoms with E-state index in [2.05, 4.69) is 5.10 Å². The Labute approximate surface area is 112 Å². The molecule has 0 amide bonds. The molecule has 0 N–H and O–H groups in total. The van der Waals surface area contributed by atoms with Crippen LogP contribution in [0.5, 0.6) is 0 Å². The Morgan fingerprint density at radius 1 is 1.61 bits per heavy atom. The molecule has 1 fully saturated rings.